The molecule has 0 aliphatic heterocycles. The largest absolute Gasteiger partial charge is 0.323 e. The van der Waals surface area contributed by atoms with Gasteiger partial charge < -0.3 is 10.7 Å². The van der Waals surface area contributed by atoms with Crippen LogP contribution in [-0.4, -0.2) is 10.9 Å². The van der Waals surface area contributed by atoms with E-state index >= 15 is 0 Å². The highest BCUT2D eigenvalue weighted by Gasteiger charge is 2.07. The van der Waals surface area contributed by atoms with E-state index in [-0.39, 0.29) is 5.91 Å². The van der Waals surface area contributed by atoms with Gasteiger partial charge in [0.15, 0.2) is 0 Å². The first-order valence-electron chi connectivity index (χ1n) is 5.50. The van der Waals surface area contributed by atoms with E-state index in [1.54, 1.807) is 12.1 Å². The van der Waals surface area contributed by atoms with Crippen molar-refractivity contribution in [2.45, 2.75) is 6.92 Å². The van der Waals surface area contributed by atoms with Crippen LogP contribution < -0.4 is 16.6 Å². The third-order valence-electron chi connectivity index (χ3n) is 2.44. The number of pyridine rings is 1. The number of aryl methyl sites for hydroxylation is 1. The number of benzene rings is 1. The monoisotopic (exact) mass is 242 g/mol. The molecule has 5 heteroatoms. The lowest BCUT2D eigenvalue weighted by molar-refractivity contribution is 0.102. The Morgan fingerprint density at radius 2 is 2.06 bits per heavy atom. The van der Waals surface area contributed by atoms with Gasteiger partial charge in [0.2, 0.25) is 0 Å². The molecule has 0 fully saturated rings. The molecule has 92 valence electrons. The molecule has 1 heterocycles. The van der Waals surface area contributed by atoms with Crippen molar-refractivity contribution in [3.05, 3.63) is 53.9 Å². The highest BCUT2D eigenvalue weighted by atomic mass is 16.1. The van der Waals surface area contributed by atoms with Gasteiger partial charge in [0, 0.05) is 5.69 Å². The average molecular weight is 242 g/mol. The van der Waals surface area contributed by atoms with Crippen molar-refractivity contribution in [1.82, 2.24) is 4.98 Å². The normalized spacial score (nSPS) is 9.89. The molecule has 0 radical (unpaired) electrons. The molecule has 0 bridgehead atoms. The van der Waals surface area contributed by atoms with Crippen molar-refractivity contribution in [3.8, 4) is 0 Å². The number of nitrogens with zero attached hydrogens (tertiary/aromatic N) is 1. The third-order valence-corrected chi connectivity index (χ3v) is 2.44. The van der Waals surface area contributed by atoms with Crippen LogP contribution in [0.1, 0.15) is 16.1 Å². The van der Waals surface area contributed by atoms with E-state index in [1.807, 2.05) is 31.2 Å². The summed E-state index contributed by atoms with van der Waals surface area (Å²) in [6.07, 6.45) is 1.51. The van der Waals surface area contributed by atoms with Crippen molar-refractivity contribution < 1.29 is 4.79 Å². The number of carbonyl (C=O) groups excluding carboxylic acids is 1. The van der Waals surface area contributed by atoms with Gasteiger partial charge in [0.25, 0.3) is 5.91 Å². The van der Waals surface area contributed by atoms with E-state index in [1.165, 1.54) is 6.20 Å². The molecule has 4 N–H and O–H groups in total. The Morgan fingerprint density at radius 1 is 1.22 bits per heavy atom. The maximum Gasteiger partial charge on any atom is 0.274 e. The minimum absolute atomic E-state index is 0.246. The smallest absolute Gasteiger partial charge is 0.274 e. The molecule has 18 heavy (non-hydrogen) atoms. The molecule has 0 saturated heterocycles. The lowest BCUT2D eigenvalue weighted by atomic mass is 10.2. The zero-order valence-electron chi connectivity index (χ0n) is 9.97. The Balaban J connectivity index is 2.11. The van der Waals surface area contributed by atoms with Gasteiger partial charge in [-0.2, -0.15) is 0 Å². The van der Waals surface area contributed by atoms with Crippen molar-refractivity contribution in [1.29, 1.82) is 0 Å². The Bertz CT molecular complexity index is 551. The van der Waals surface area contributed by atoms with Crippen LogP contribution in [0.15, 0.2) is 42.6 Å². The first-order chi connectivity index (χ1) is 8.69. The van der Waals surface area contributed by atoms with E-state index < -0.39 is 0 Å². The lowest BCUT2D eigenvalue weighted by Crippen LogP contribution is -2.14. The second-order valence-corrected chi connectivity index (χ2v) is 3.90. The fourth-order valence-electron chi connectivity index (χ4n) is 1.53. The van der Waals surface area contributed by atoms with Crippen molar-refractivity contribution in [3.63, 3.8) is 0 Å². The van der Waals surface area contributed by atoms with E-state index in [0.29, 0.717) is 11.4 Å². The summed E-state index contributed by atoms with van der Waals surface area (Å²) in [5.41, 5.74) is 5.29. The standard InChI is InChI=1S/C13H14N4O/c1-9-3-2-4-10(7-9)16-13(18)12-6-5-11(17-14)8-15-12/h2-8,17H,14H2,1H3,(H,16,18). The van der Waals surface area contributed by atoms with Gasteiger partial charge in [-0.05, 0) is 36.8 Å². The maximum absolute atomic E-state index is 11.9. The summed E-state index contributed by atoms with van der Waals surface area (Å²) in [6, 6.07) is 10.9. The van der Waals surface area contributed by atoms with E-state index in [2.05, 4.69) is 15.7 Å². The predicted octanol–water partition coefficient (Wildman–Crippen LogP) is 1.93. The summed E-state index contributed by atoms with van der Waals surface area (Å²) < 4.78 is 0. The summed E-state index contributed by atoms with van der Waals surface area (Å²) in [6.45, 7) is 1.97. The summed E-state index contributed by atoms with van der Waals surface area (Å²) in [5.74, 6) is 4.98. The average Bonchev–Trinajstić information content (AvgIpc) is 2.39. The second kappa shape index (κ2) is 5.29. The molecule has 2 rings (SSSR count). The molecular weight excluding hydrogens is 228 g/mol. The first kappa shape index (κ1) is 12.1. The SMILES string of the molecule is Cc1cccc(NC(=O)c2ccc(NN)cn2)c1. The molecule has 0 saturated carbocycles. The third kappa shape index (κ3) is 2.83. The minimum atomic E-state index is -0.246. The molecule has 0 aliphatic carbocycles. The van der Waals surface area contributed by atoms with Gasteiger partial charge >= 0.3 is 0 Å². The van der Waals surface area contributed by atoms with Crippen LogP contribution in [0.4, 0.5) is 11.4 Å². The first-order valence-corrected chi connectivity index (χ1v) is 5.50. The van der Waals surface area contributed by atoms with Gasteiger partial charge in [0.05, 0.1) is 11.9 Å². The highest BCUT2D eigenvalue weighted by Crippen LogP contribution is 2.11. The lowest BCUT2D eigenvalue weighted by Gasteiger charge is -2.06. The number of nitrogen functional groups attached to an aromatic ring is 1. The zero-order valence-corrected chi connectivity index (χ0v) is 9.97. The quantitative estimate of drug-likeness (QED) is 0.567. The molecule has 0 spiro atoms. The Hall–Kier alpha value is -2.40. The van der Waals surface area contributed by atoms with Gasteiger partial charge in [-0.15, -0.1) is 0 Å². The van der Waals surface area contributed by atoms with Crippen LogP contribution in [0.25, 0.3) is 0 Å². The van der Waals surface area contributed by atoms with Crippen LogP contribution in [0, 0.1) is 6.92 Å². The minimum Gasteiger partial charge on any atom is -0.323 e. The maximum atomic E-state index is 11.9. The summed E-state index contributed by atoms with van der Waals surface area (Å²) in [7, 11) is 0. The number of nitrogens with one attached hydrogen (secondary N) is 2. The fraction of sp³-hybridized carbons (Fsp3) is 0.0769. The van der Waals surface area contributed by atoms with Crippen LogP contribution in [-0.2, 0) is 0 Å². The number of carbonyl (C=O) groups is 1. The number of rotatable bonds is 3. The predicted molar refractivity (Wildman–Crippen MR) is 71.2 cm³/mol. The Kier molecular flexibility index (Phi) is 3.54. The highest BCUT2D eigenvalue weighted by molar-refractivity contribution is 6.02. The van der Waals surface area contributed by atoms with Crippen molar-refractivity contribution >= 4 is 17.3 Å². The number of hydrazine groups is 1. The number of anilines is 2. The van der Waals surface area contributed by atoms with E-state index in [0.717, 1.165) is 11.3 Å². The van der Waals surface area contributed by atoms with E-state index in [9.17, 15) is 4.79 Å². The number of hydrogen-bond acceptors (Lipinski definition) is 4. The van der Waals surface area contributed by atoms with Gasteiger partial charge in [-0.1, -0.05) is 12.1 Å². The molecule has 1 amide bonds. The molecule has 1 aromatic heterocycles. The summed E-state index contributed by atoms with van der Waals surface area (Å²) >= 11 is 0. The van der Waals surface area contributed by atoms with Crippen LogP contribution >= 0.6 is 0 Å². The van der Waals surface area contributed by atoms with Crippen LogP contribution in [0.3, 0.4) is 0 Å². The molecular formula is C13H14N4O. The number of hydrogen-bond donors (Lipinski definition) is 3. The van der Waals surface area contributed by atoms with E-state index in [4.69, 9.17) is 5.84 Å². The molecule has 0 unspecified atom stereocenters. The van der Waals surface area contributed by atoms with Gasteiger partial charge in [-0.3, -0.25) is 10.6 Å². The van der Waals surface area contributed by atoms with Gasteiger partial charge in [-0.25, -0.2) is 4.98 Å². The Morgan fingerprint density at radius 3 is 2.67 bits per heavy atom. The molecule has 2 aromatic rings. The number of nitrogens with two attached hydrogens (primary N) is 1. The molecule has 0 aliphatic rings. The molecule has 0 atom stereocenters. The number of amides is 1. The topological polar surface area (TPSA) is 80.0 Å². The number of aromatic nitrogens is 1. The second-order valence-electron chi connectivity index (χ2n) is 3.90. The van der Waals surface area contributed by atoms with Crippen LogP contribution in [0.2, 0.25) is 0 Å². The zero-order chi connectivity index (χ0) is 13.0. The van der Waals surface area contributed by atoms with Crippen molar-refractivity contribution in [2.24, 2.45) is 5.84 Å². The Labute approximate surface area is 105 Å². The molecule has 1 aromatic carbocycles. The van der Waals surface area contributed by atoms with Gasteiger partial charge in [0.1, 0.15) is 5.69 Å². The fourth-order valence-corrected chi connectivity index (χ4v) is 1.53. The summed E-state index contributed by atoms with van der Waals surface area (Å²) in [4.78, 5) is 15.9. The van der Waals surface area contributed by atoms with Crippen molar-refractivity contribution in [2.75, 3.05) is 10.7 Å². The van der Waals surface area contributed by atoms with Crippen LogP contribution in [0.5, 0.6) is 0 Å². The summed E-state index contributed by atoms with van der Waals surface area (Å²) in [5, 5.41) is 2.78. The molecule has 5 nitrogen and oxygen atoms in total.